The smallest absolute Gasteiger partial charge is 0.136 e. The molecule has 0 atom stereocenters. The first-order valence-corrected chi connectivity index (χ1v) is 18.5. The SMILES string of the molecule is N#Cc1ccc(-n2c3ccccc3c3c4c(ccc32)oc2ccccc24)c(-c2cc(C#N)ccc2-n2c3ccccc3c3c4c(ccc32)oc2ccccc24)c1. The molecule has 0 aliphatic carbocycles. The third-order valence-corrected chi connectivity index (χ3v) is 11.4. The van der Waals surface area contributed by atoms with Crippen molar-refractivity contribution in [1.82, 2.24) is 9.13 Å². The van der Waals surface area contributed by atoms with E-state index < -0.39 is 0 Å². The van der Waals surface area contributed by atoms with E-state index in [9.17, 15) is 10.5 Å². The Morgan fingerprint density at radius 3 is 1.21 bits per heavy atom. The minimum Gasteiger partial charge on any atom is -0.456 e. The number of nitriles is 2. The van der Waals surface area contributed by atoms with Crippen LogP contribution in [0.15, 0.2) is 167 Å². The van der Waals surface area contributed by atoms with E-state index in [1.165, 1.54) is 0 Å². The second kappa shape index (κ2) is 11.2. The number of benzene rings is 8. The van der Waals surface area contributed by atoms with Gasteiger partial charge in [0.25, 0.3) is 0 Å². The first kappa shape index (κ1) is 30.4. The highest BCUT2D eigenvalue weighted by Gasteiger charge is 2.24. The highest BCUT2D eigenvalue weighted by atomic mass is 16.3. The lowest BCUT2D eigenvalue weighted by atomic mass is 9.97. The van der Waals surface area contributed by atoms with Gasteiger partial charge in [0.2, 0.25) is 0 Å². The molecule has 0 saturated heterocycles. The Balaban J connectivity index is 1.22. The summed E-state index contributed by atoms with van der Waals surface area (Å²) in [5.41, 5.74) is 11.9. The largest absolute Gasteiger partial charge is 0.456 e. The molecule has 0 bridgehead atoms. The van der Waals surface area contributed by atoms with E-state index in [0.717, 1.165) is 110 Å². The summed E-state index contributed by atoms with van der Waals surface area (Å²) in [6.07, 6.45) is 0. The van der Waals surface area contributed by atoms with Gasteiger partial charge in [-0.3, -0.25) is 0 Å². The molecule has 0 saturated carbocycles. The van der Waals surface area contributed by atoms with Crippen molar-refractivity contribution in [1.29, 1.82) is 10.5 Å². The molecule has 4 aromatic heterocycles. The van der Waals surface area contributed by atoms with Crippen molar-refractivity contribution < 1.29 is 8.83 Å². The van der Waals surface area contributed by atoms with Gasteiger partial charge >= 0.3 is 0 Å². The van der Waals surface area contributed by atoms with Crippen LogP contribution in [-0.4, -0.2) is 9.13 Å². The molecular weight excluding hydrogens is 689 g/mol. The second-order valence-electron chi connectivity index (χ2n) is 14.3. The van der Waals surface area contributed by atoms with Crippen molar-refractivity contribution in [3.63, 3.8) is 0 Å². The van der Waals surface area contributed by atoms with Gasteiger partial charge in [-0.15, -0.1) is 0 Å². The molecule has 0 spiro atoms. The zero-order valence-corrected chi connectivity index (χ0v) is 29.6. The number of nitrogens with zero attached hydrogens (tertiary/aromatic N) is 4. The van der Waals surface area contributed by atoms with Crippen LogP contribution in [0.4, 0.5) is 0 Å². The molecule has 0 N–H and O–H groups in total. The van der Waals surface area contributed by atoms with Gasteiger partial charge in [-0.1, -0.05) is 72.8 Å². The van der Waals surface area contributed by atoms with Crippen LogP contribution in [0.2, 0.25) is 0 Å². The third kappa shape index (κ3) is 4.02. The number of para-hydroxylation sites is 4. The van der Waals surface area contributed by atoms with Crippen LogP contribution in [0.5, 0.6) is 0 Å². The summed E-state index contributed by atoms with van der Waals surface area (Å²) >= 11 is 0. The molecule has 0 aliphatic rings. The second-order valence-corrected chi connectivity index (χ2v) is 14.3. The summed E-state index contributed by atoms with van der Waals surface area (Å²) in [4.78, 5) is 0. The lowest BCUT2D eigenvalue weighted by Gasteiger charge is -2.19. The molecule has 0 unspecified atom stereocenters. The molecule has 258 valence electrons. The topological polar surface area (TPSA) is 83.7 Å². The number of hydrogen-bond acceptors (Lipinski definition) is 4. The Hall–Kier alpha value is -8.06. The predicted octanol–water partition coefficient (Wildman–Crippen LogP) is 13.1. The standard InChI is InChI=1S/C50H26N4O2/c51-27-29-17-19-39(53-37-13-5-1-9-31(37)47-41(53)21-23-45-49(47)33-11-3-7-15-43(33)55-45)35(25-29)36-26-30(28-52)18-20-40(36)54-38-14-6-2-10-32(38)48-42(54)22-24-46-50(48)34-12-4-8-16-44(34)56-46/h1-26H. The molecule has 4 heterocycles. The van der Waals surface area contributed by atoms with Crippen LogP contribution in [0.3, 0.4) is 0 Å². The molecule has 0 radical (unpaired) electrons. The predicted molar refractivity (Wildman–Crippen MR) is 225 cm³/mol. The maximum atomic E-state index is 10.3. The van der Waals surface area contributed by atoms with Crippen molar-refractivity contribution >= 4 is 87.5 Å². The molecule has 0 amide bonds. The minimum atomic E-state index is 0.523. The normalized spacial score (nSPS) is 11.9. The number of aromatic nitrogens is 2. The molecule has 12 aromatic rings. The van der Waals surface area contributed by atoms with Gasteiger partial charge in [-0.25, -0.2) is 0 Å². The van der Waals surface area contributed by atoms with Crippen molar-refractivity contribution in [2.75, 3.05) is 0 Å². The summed E-state index contributed by atoms with van der Waals surface area (Å²) in [6.45, 7) is 0. The van der Waals surface area contributed by atoms with Crippen LogP contribution < -0.4 is 0 Å². The number of rotatable bonds is 3. The Labute approximate surface area is 318 Å². The van der Waals surface area contributed by atoms with Gasteiger partial charge in [0.05, 0.1) is 56.7 Å². The fourth-order valence-electron chi connectivity index (χ4n) is 9.10. The third-order valence-electron chi connectivity index (χ3n) is 11.4. The van der Waals surface area contributed by atoms with Gasteiger partial charge in [0.15, 0.2) is 0 Å². The zero-order chi connectivity index (χ0) is 37.1. The van der Waals surface area contributed by atoms with Crippen LogP contribution in [0.1, 0.15) is 11.1 Å². The van der Waals surface area contributed by atoms with Crippen LogP contribution in [0, 0.1) is 22.7 Å². The summed E-state index contributed by atoms with van der Waals surface area (Å²) in [6, 6.07) is 58.1. The average Bonchev–Trinajstić information content (AvgIpc) is 4.00. The Morgan fingerprint density at radius 2 is 0.768 bits per heavy atom. The fourth-order valence-corrected chi connectivity index (χ4v) is 9.10. The van der Waals surface area contributed by atoms with E-state index in [1.54, 1.807) is 0 Å². The van der Waals surface area contributed by atoms with Crippen molar-refractivity contribution in [2.24, 2.45) is 0 Å². The number of furan rings is 2. The van der Waals surface area contributed by atoms with Gasteiger partial charge in [-0.2, -0.15) is 10.5 Å². The lowest BCUT2D eigenvalue weighted by Crippen LogP contribution is -2.02. The van der Waals surface area contributed by atoms with Gasteiger partial charge in [0.1, 0.15) is 22.3 Å². The Kier molecular flexibility index (Phi) is 6.10. The maximum absolute atomic E-state index is 10.3. The molecular formula is C50H26N4O2. The van der Waals surface area contributed by atoms with Crippen LogP contribution >= 0.6 is 0 Å². The summed E-state index contributed by atoms with van der Waals surface area (Å²) in [7, 11) is 0. The van der Waals surface area contributed by atoms with E-state index in [1.807, 2.05) is 72.8 Å². The first-order valence-electron chi connectivity index (χ1n) is 18.5. The van der Waals surface area contributed by atoms with E-state index in [-0.39, 0.29) is 0 Å². The fraction of sp³-hybridized carbons (Fsp3) is 0. The van der Waals surface area contributed by atoms with Gasteiger partial charge < -0.3 is 18.0 Å². The highest BCUT2D eigenvalue weighted by molar-refractivity contribution is 6.29. The number of fused-ring (bicyclic) bond motifs is 14. The van der Waals surface area contributed by atoms with E-state index in [2.05, 4.69) is 106 Å². The summed E-state index contributed by atoms with van der Waals surface area (Å²) < 4.78 is 17.3. The molecule has 56 heavy (non-hydrogen) atoms. The van der Waals surface area contributed by atoms with Crippen molar-refractivity contribution in [3.05, 3.63) is 169 Å². The quantitative estimate of drug-likeness (QED) is 0.182. The van der Waals surface area contributed by atoms with Crippen LogP contribution in [0.25, 0.3) is 110 Å². The zero-order valence-electron chi connectivity index (χ0n) is 29.6. The molecule has 8 aromatic carbocycles. The molecule has 0 aliphatic heterocycles. The van der Waals surface area contributed by atoms with Gasteiger partial charge in [-0.05, 0) is 84.9 Å². The minimum absolute atomic E-state index is 0.523. The summed E-state index contributed by atoms with van der Waals surface area (Å²) in [5.74, 6) is 0. The van der Waals surface area contributed by atoms with E-state index >= 15 is 0 Å². The molecule has 6 heteroatoms. The van der Waals surface area contributed by atoms with Gasteiger partial charge in [0, 0.05) is 54.2 Å². The average molecular weight is 715 g/mol. The first-order chi connectivity index (χ1) is 27.7. The molecule has 0 fully saturated rings. The maximum Gasteiger partial charge on any atom is 0.136 e. The molecule has 12 rings (SSSR count). The highest BCUT2D eigenvalue weighted by Crippen LogP contribution is 2.46. The van der Waals surface area contributed by atoms with Crippen molar-refractivity contribution in [2.45, 2.75) is 0 Å². The molecule has 6 nitrogen and oxygen atoms in total. The van der Waals surface area contributed by atoms with Crippen molar-refractivity contribution in [3.8, 4) is 34.6 Å². The monoisotopic (exact) mass is 714 g/mol. The number of hydrogen-bond donors (Lipinski definition) is 0. The van der Waals surface area contributed by atoms with Crippen LogP contribution in [-0.2, 0) is 0 Å². The Bertz CT molecular complexity index is 3500. The lowest BCUT2D eigenvalue weighted by molar-refractivity contribution is 0.669. The van der Waals surface area contributed by atoms with E-state index in [0.29, 0.717) is 11.1 Å². The Morgan fingerprint density at radius 1 is 0.357 bits per heavy atom. The summed E-state index contributed by atoms with van der Waals surface area (Å²) in [5, 5.41) is 29.3. The van der Waals surface area contributed by atoms with E-state index in [4.69, 9.17) is 8.83 Å².